The molecule has 0 radical (unpaired) electrons. The molecule has 152 valence electrons. The summed E-state index contributed by atoms with van der Waals surface area (Å²) in [6, 6.07) is 0. The van der Waals surface area contributed by atoms with E-state index in [-0.39, 0.29) is 36.2 Å². The number of nitrogens with one attached hydrogen (secondary N) is 2. The summed E-state index contributed by atoms with van der Waals surface area (Å²) in [7, 11) is 0. The van der Waals surface area contributed by atoms with Crippen molar-refractivity contribution in [3.05, 3.63) is 11.1 Å². The lowest BCUT2D eigenvalue weighted by molar-refractivity contribution is -0.146. The van der Waals surface area contributed by atoms with Crippen molar-refractivity contribution < 1.29 is 19.1 Å². The van der Waals surface area contributed by atoms with Gasteiger partial charge in [0.15, 0.2) is 5.13 Å². The summed E-state index contributed by atoms with van der Waals surface area (Å²) in [5.74, 6) is 1.49. The molecular weight excluding hydrogens is 378 g/mol. The molecule has 0 aliphatic heterocycles. The predicted molar refractivity (Wildman–Crippen MR) is 105 cm³/mol. The fraction of sp³-hybridized carbons (Fsp3) is 0.700. The highest BCUT2D eigenvalue weighted by atomic mass is 32.1. The largest absolute Gasteiger partial charge is 0.466 e. The van der Waals surface area contributed by atoms with Crippen LogP contribution in [0.25, 0.3) is 0 Å². The molecule has 0 aromatic carbocycles. The van der Waals surface area contributed by atoms with Crippen molar-refractivity contribution in [1.29, 1.82) is 0 Å². The van der Waals surface area contributed by atoms with Gasteiger partial charge in [-0.15, -0.1) is 11.3 Å². The Labute approximate surface area is 168 Å². The van der Waals surface area contributed by atoms with Gasteiger partial charge >= 0.3 is 5.97 Å². The standard InChI is InChI=1S/C20H27N3O4S/c1-2-27-17(25)6-15-11-28-19(22-15)23-16(24)10-21-18(26)20-7-12-3-13(8-20)5-14(4-12)9-20/h11-14H,2-10H2,1H3,(H,21,26)(H,22,23,24). The summed E-state index contributed by atoms with van der Waals surface area (Å²) in [5.41, 5.74) is 0.319. The average Bonchev–Trinajstić information content (AvgIpc) is 3.05. The molecule has 1 aromatic heterocycles. The zero-order valence-corrected chi connectivity index (χ0v) is 17.0. The van der Waals surface area contributed by atoms with Crippen LogP contribution in [-0.4, -0.2) is 35.9 Å². The molecule has 1 heterocycles. The number of ether oxygens (including phenoxy) is 1. The van der Waals surface area contributed by atoms with Gasteiger partial charge in [-0.3, -0.25) is 14.4 Å². The maximum atomic E-state index is 12.9. The van der Waals surface area contributed by atoms with Crippen molar-refractivity contribution in [2.45, 2.75) is 51.9 Å². The third-order valence-corrected chi connectivity index (χ3v) is 7.16. The molecule has 4 saturated carbocycles. The average molecular weight is 406 g/mol. The van der Waals surface area contributed by atoms with Crippen molar-refractivity contribution in [2.75, 3.05) is 18.5 Å². The molecule has 2 N–H and O–H groups in total. The number of hydrogen-bond acceptors (Lipinski definition) is 6. The second-order valence-electron chi connectivity index (χ2n) is 8.55. The number of anilines is 1. The molecular formula is C20H27N3O4S. The minimum atomic E-state index is -0.339. The Balaban J connectivity index is 1.26. The fourth-order valence-corrected chi connectivity index (χ4v) is 6.43. The first kappa shape index (κ1) is 19.4. The molecule has 28 heavy (non-hydrogen) atoms. The molecule has 0 saturated heterocycles. The number of amides is 2. The van der Waals surface area contributed by atoms with Gasteiger partial charge in [0.1, 0.15) is 0 Å². The quantitative estimate of drug-likeness (QED) is 0.680. The summed E-state index contributed by atoms with van der Waals surface area (Å²) >= 11 is 1.26. The van der Waals surface area contributed by atoms with Gasteiger partial charge in [-0.2, -0.15) is 0 Å². The SMILES string of the molecule is CCOC(=O)Cc1csc(NC(=O)CNC(=O)C23CC4CC(CC(C4)C2)C3)n1. The Morgan fingerprint density at radius 1 is 1.18 bits per heavy atom. The maximum absolute atomic E-state index is 12.9. The van der Waals surface area contributed by atoms with Crippen LogP contribution in [0.15, 0.2) is 5.38 Å². The Morgan fingerprint density at radius 3 is 2.43 bits per heavy atom. The second kappa shape index (κ2) is 7.81. The number of thiazole rings is 1. The van der Waals surface area contributed by atoms with Crippen LogP contribution in [0, 0.1) is 23.2 Å². The highest BCUT2D eigenvalue weighted by Crippen LogP contribution is 2.60. The second-order valence-corrected chi connectivity index (χ2v) is 9.41. The smallest absolute Gasteiger partial charge is 0.311 e. The van der Waals surface area contributed by atoms with Crippen LogP contribution < -0.4 is 10.6 Å². The Kier molecular flexibility index (Phi) is 5.40. The van der Waals surface area contributed by atoms with Gasteiger partial charge in [-0.05, 0) is 63.2 Å². The van der Waals surface area contributed by atoms with Crippen molar-refractivity contribution in [3.63, 3.8) is 0 Å². The highest BCUT2D eigenvalue weighted by Gasteiger charge is 2.54. The van der Waals surface area contributed by atoms with E-state index < -0.39 is 0 Å². The first-order chi connectivity index (χ1) is 13.5. The van der Waals surface area contributed by atoms with Crippen molar-refractivity contribution in [2.24, 2.45) is 23.2 Å². The molecule has 8 heteroatoms. The van der Waals surface area contributed by atoms with Gasteiger partial charge in [-0.1, -0.05) is 0 Å². The lowest BCUT2D eigenvalue weighted by Crippen LogP contribution is -2.54. The van der Waals surface area contributed by atoms with Crippen molar-refractivity contribution in [1.82, 2.24) is 10.3 Å². The van der Waals surface area contributed by atoms with Crippen LogP contribution >= 0.6 is 11.3 Å². The first-order valence-corrected chi connectivity index (χ1v) is 11.0. The number of hydrogen-bond donors (Lipinski definition) is 2. The Hall–Kier alpha value is -1.96. The first-order valence-electron chi connectivity index (χ1n) is 10.1. The highest BCUT2D eigenvalue weighted by molar-refractivity contribution is 7.13. The van der Waals surface area contributed by atoms with E-state index >= 15 is 0 Å². The van der Waals surface area contributed by atoms with Crippen LogP contribution in [-0.2, 0) is 25.5 Å². The van der Waals surface area contributed by atoms with Gasteiger partial charge in [0.2, 0.25) is 11.8 Å². The molecule has 4 fully saturated rings. The molecule has 1 aromatic rings. The molecule has 7 nitrogen and oxygen atoms in total. The van der Waals surface area contributed by atoms with Gasteiger partial charge in [0.25, 0.3) is 0 Å². The number of nitrogens with zero attached hydrogens (tertiary/aromatic N) is 1. The van der Waals surface area contributed by atoms with E-state index in [4.69, 9.17) is 4.74 Å². The lowest BCUT2D eigenvalue weighted by atomic mass is 9.49. The predicted octanol–water partition coefficient (Wildman–Crippen LogP) is 2.52. The Morgan fingerprint density at radius 2 is 1.82 bits per heavy atom. The zero-order valence-electron chi connectivity index (χ0n) is 16.2. The monoisotopic (exact) mass is 405 g/mol. The van der Waals surface area contributed by atoms with Gasteiger partial charge < -0.3 is 15.4 Å². The zero-order chi connectivity index (χ0) is 19.7. The normalized spacial score (nSPS) is 30.1. The van der Waals surface area contributed by atoms with Crippen LogP contribution in [0.3, 0.4) is 0 Å². The third kappa shape index (κ3) is 4.06. The van der Waals surface area contributed by atoms with Crippen molar-refractivity contribution >= 4 is 34.3 Å². The molecule has 4 aliphatic carbocycles. The van der Waals surface area contributed by atoms with E-state index in [2.05, 4.69) is 15.6 Å². The van der Waals surface area contributed by atoms with Gasteiger partial charge in [0, 0.05) is 10.8 Å². The van der Waals surface area contributed by atoms with E-state index in [1.54, 1.807) is 12.3 Å². The summed E-state index contributed by atoms with van der Waals surface area (Å²) < 4.78 is 4.89. The van der Waals surface area contributed by atoms with Gasteiger partial charge in [0.05, 0.1) is 25.3 Å². The fourth-order valence-electron chi connectivity index (χ4n) is 5.71. The van der Waals surface area contributed by atoms with E-state index in [0.29, 0.717) is 35.2 Å². The van der Waals surface area contributed by atoms with Gasteiger partial charge in [-0.25, -0.2) is 4.98 Å². The molecule has 5 rings (SSSR count). The topological polar surface area (TPSA) is 97.4 Å². The number of rotatable bonds is 7. The van der Waals surface area contributed by atoms with Crippen LogP contribution in [0.2, 0.25) is 0 Å². The third-order valence-electron chi connectivity index (χ3n) is 6.36. The molecule has 0 unspecified atom stereocenters. The number of esters is 1. The van der Waals surface area contributed by atoms with Crippen molar-refractivity contribution in [3.8, 4) is 0 Å². The van der Waals surface area contributed by atoms with Crippen LogP contribution in [0.4, 0.5) is 5.13 Å². The van der Waals surface area contributed by atoms with E-state index in [1.165, 1.54) is 30.6 Å². The van der Waals surface area contributed by atoms with Crippen LogP contribution in [0.1, 0.15) is 51.1 Å². The maximum Gasteiger partial charge on any atom is 0.311 e. The summed E-state index contributed by atoms with van der Waals surface area (Å²) in [4.78, 5) is 40.8. The number of aromatic nitrogens is 1. The summed E-state index contributed by atoms with van der Waals surface area (Å²) in [6.07, 6.45) is 6.88. The molecule has 2 amide bonds. The summed E-state index contributed by atoms with van der Waals surface area (Å²) in [5, 5.41) is 7.71. The Bertz CT molecular complexity index is 740. The van der Waals surface area contributed by atoms with Crippen LogP contribution in [0.5, 0.6) is 0 Å². The summed E-state index contributed by atoms with van der Waals surface area (Å²) in [6.45, 7) is 2.03. The molecule has 4 bridgehead atoms. The van der Waals surface area contributed by atoms with E-state index in [0.717, 1.165) is 19.3 Å². The van der Waals surface area contributed by atoms with E-state index in [9.17, 15) is 14.4 Å². The molecule has 0 spiro atoms. The molecule has 4 aliphatic rings. The minimum Gasteiger partial charge on any atom is -0.466 e. The van der Waals surface area contributed by atoms with E-state index in [1.807, 2.05) is 0 Å². The number of carbonyl (C=O) groups is 3. The lowest BCUT2D eigenvalue weighted by Gasteiger charge is -2.55. The molecule has 0 atom stereocenters. The number of carbonyl (C=O) groups excluding carboxylic acids is 3. The minimum absolute atomic E-state index is 0.0453.